The van der Waals surface area contributed by atoms with Crippen LogP contribution in [0, 0.1) is 0 Å². The van der Waals surface area contributed by atoms with Gasteiger partial charge in [0.1, 0.15) is 11.5 Å². The summed E-state index contributed by atoms with van der Waals surface area (Å²) in [6, 6.07) is 5.93. The molecule has 0 bridgehead atoms. The monoisotopic (exact) mass is 264 g/mol. The molecule has 1 rings (SSSR count). The van der Waals surface area contributed by atoms with Gasteiger partial charge in [0, 0.05) is 5.56 Å². The summed E-state index contributed by atoms with van der Waals surface area (Å²) in [7, 11) is 6.02. The number of ether oxygens (including phenoxy) is 2. The van der Waals surface area contributed by atoms with Crippen molar-refractivity contribution in [2.24, 2.45) is 0 Å². The molecule has 106 valence electrons. The fraction of sp³-hybridized carbons (Fsp3) is 0.500. The summed E-state index contributed by atoms with van der Waals surface area (Å²) in [5.74, 6) is 1.80. The standard InChI is InChI=1S/C16H25NO2/c1-5-8-14-13-15(18-4)9-10-16(14)19-12-7-6-11-17(2)3/h5,9-10,13H,1,6-8,11-12H2,2-4H3/p+1. The Kier molecular flexibility index (Phi) is 7.04. The van der Waals surface area contributed by atoms with Crippen molar-refractivity contribution in [3.8, 4) is 11.5 Å². The molecule has 0 radical (unpaired) electrons. The zero-order valence-electron chi connectivity index (χ0n) is 12.4. The van der Waals surface area contributed by atoms with Gasteiger partial charge in [0.15, 0.2) is 0 Å². The molecule has 0 unspecified atom stereocenters. The number of hydrogen-bond acceptors (Lipinski definition) is 2. The summed E-state index contributed by atoms with van der Waals surface area (Å²) >= 11 is 0. The third kappa shape index (κ3) is 5.79. The molecule has 0 fully saturated rings. The van der Waals surface area contributed by atoms with Gasteiger partial charge in [-0.3, -0.25) is 0 Å². The van der Waals surface area contributed by atoms with Crippen LogP contribution >= 0.6 is 0 Å². The van der Waals surface area contributed by atoms with Crippen LogP contribution in [0.3, 0.4) is 0 Å². The van der Waals surface area contributed by atoms with Gasteiger partial charge in [0.2, 0.25) is 0 Å². The first-order valence-electron chi connectivity index (χ1n) is 6.87. The lowest BCUT2D eigenvalue weighted by atomic mass is 10.1. The van der Waals surface area contributed by atoms with Crippen LogP contribution in [0.25, 0.3) is 0 Å². The second-order valence-corrected chi connectivity index (χ2v) is 4.98. The van der Waals surface area contributed by atoms with Crippen molar-refractivity contribution >= 4 is 0 Å². The molecule has 0 saturated carbocycles. The minimum atomic E-state index is 0.768. The number of quaternary nitrogens is 1. The van der Waals surface area contributed by atoms with E-state index in [0.29, 0.717) is 0 Å². The van der Waals surface area contributed by atoms with E-state index in [-0.39, 0.29) is 0 Å². The molecule has 0 aliphatic carbocycles. The van der Waals surface area contributed by atoms with E-state index in [1.165, 1.54) is 17.9 Å². The van der Waals surface area contributed by atoms with Gasteiger partial charge < -0.3 is 14.4 Å². The van der Waals surface area contributed by atoms with Gasteiger partial charge in [-0.15, -0.1) is 6.58 Å². The molecule has 0 aliphatic heterocycles. The molecule has 19 heavy (non-hydrogen) atoms. The highest BCUT2D eigenvalue weighted by molar-refractivity contribution is 5.41. The summed E-state index contributed by atoms with van der Waals surface area (Å²) in [6.07, 6.45) is 4.96. The lowest BCUT2D eigenvalue weighted by Gasteiger charge is -2.12. The van der Waals surface area contributed by atoms with Gasteiger partial charge >= 0.3 is 0 Å². The van der Waals surface area contributed by atoms with Crippen LogP contribution in [0.2, 0.25) is 0 Å². The molecule has 0 heterocycles. The van der Waals surface area contributed by atoms with Crippen molar-refractivity contribution < 1.29 is 14.4 Å². The Bertz CT molecular complexity index is 388. The molecule has 1 aromatic rings. The predicted molar refractivity (Wildman–Crippen MR) is 79.3 cm³/mol. The number of allylic oxidation sites excluding steroid dienone is 1. The quantitative estimate of drug-likeness (QED) is 0.542. The average molecular weight is 264 g/mol. The largest absolute Gasteiger partial charge is 0.497 e. The molecule has 0 atom stereocenters. The highest BCUT2D eigenvalue weighted by Gasteiger charge is 2.04. The normalized spacial score (nSPS) is 10.5. The van der Waals surface area contributed by atoms with E-state index in [4.69, 9.17) is 9.47 Å². The minimum Gasteiger partial charge on any atom is -0.497 e. The molecule has 0 aromatic heterocycles. The first-order valence-corrected chi connectivity index (χ1v) is 6.87. The van der Waals surface area contributed by atoms with E-state index in [1.54, 1.807) is 7.11 Å². The molecule has 0 saturated heterocycles. The first kappa shape index (κ1) is 15.6. The van der Waals surface area contributed by atoms with E-state index < -0.39 is 0 Å². The molecular formula is C16H26NO2+. The molecule has 0 aliphatic rings. The summed E-state index contributed by atoms with van der Waals surface area (Å²) in [6.45, 7) is 5.74. The molecule has 3 heteroatoms. The molecule has 0 amide bonds. The fourth-order valence-corrected chi connectivity index (χ4v) is 1.90. The zero-order valence-corrected chi connectivity index (χ0v) is 12.4. The third-order valence-corrected chi connectivity index (χ3v) is 2.96. The number of hydrogen-bond donors (Lipinski definition) is 1. The SMILES string of the molecule is C=CCc1cc(OC)ccc1OCCCC[NH+](C)C. The Morgan fingerprint density at radius 2 is 2.05 bits per heavy atom. The van der Waals surface area contributed by atoms with Crippen LogP contribution in [0.5, 0.6) is 11.5 Å². The molecule has 1 N–H and O–H groups in total. The van der Waals surface area contributed by atoms with Gasteiger partial charge in [-0.05, 0) is 37.5 Å². The molecular weight excluding hydrogens is 238 g/mol. The van der Waals surface area contributed by atoms with Gasteiger partial charge in [0.25, 0.3) is 0 Å². The lowest BCUT2D eigenvalue weighted by molar-refractivity contribution is -0.858. The third-order valence-electron chi connectivity index (χ3n) is 2.96. The predicted octanol–water partition coefficient (Wildman–Crippen LogP) is 1.73. The van der Waals surface area contributed by atoms with Gasteiger partial charge in [-0.2, -0.15) is 0 Å². The van der Waals surface area contributed by atoms with Crippen molar-refractivity contribution in [1.82, 2.24) is 0 Å². The van der Waals surface area contributed by atoms with Gasteiger partial charge in [-0.1, -0.05) is 6.08 Å². The first-order chi connectivity index (χ1) is 9.17. The van der Waals surface area contributed by atoms with E-state index in [9.17, 15) is 0 Å². The maximum absolute atomic E-state index is 5.86. The van der Waals surface area contributed by atoms with E-state index >= 15 is 0 Å². The second-order valence-electron chi connectivity index (χ2n) is 4.98. The van der Waals surface area contributed by atoms with Crippen LogP contribution < -0.4 is 14.4 Å². The Hall–Kier alpha value is -1.48. The van der Waals surface area contributed by atoms with E-state index in [1.807, 2.05) is 24.3 Å². The Labute approximate surface area is 116 Å². The van der Waals surface area contributed by atoms with Crippen molar-refractivity contribution in [3.63, 3.8) is 0 Å². The number of benzene rings is 1. The van der Waals surface area contributed by atoms with Crippen molar-refractivity contribution in [3.05, 3.63) is 36.4 Å². The minimum absolute atomic E-state index is 0.768. The number of nitrogens with one attached hydrogen (secondary N) is 1. The Morgan fingerprint density at radius 3 is 2.68 bits per heavy atom. The highest BCUT2D eigenvalue weighted by Crippen LogP contribution is 2.25. The Balaban J connectivity index is 2.49. The van der Waals surface area contributed by atoms with Crippen LogP contribution in [0.1, 0.15) is 18.4 Å². The number of rotatable bonds is 9. The maximum Gasteiger partial charge on any atom is 0.123 e. The number of unbranched alkanes of at least 4 members (excludes halogenated alkanes) is 1. The van der Waals surface area contributed by atoms with Crippen molar-refractivity contribution in [1.29, 1.82) is 0 Å². The van der Waals surface area contributed by atoms with Crippen LogP contribution in [-0.4, -0.2) is 34.4 Å². The summed E-state index contributed by atoms with van der Waals surface area (Å²) < 4.78 is 11.1. The van der Waals surface area contributed by atoms with Gasteiger partial charge in [0.05, 0.1) is 34.4 Å². The summed E-state index contributed by atoms with van der Waals surface area (Å²) in [5.41, 5.74) is 1.13. The maximum atomic E-state index is 5.86. The van der Waals surface area contributed by atoms with Crippen molar-refractivity contribution in [2.45, 2.75) is 19.3 Å². The second kappa shape index (κ2) is 8.59. The van der Waals surface area contributed by atoms with Crippen LogP contribution in [-0.2, 0) is 6.42 Å². The molecule has 0 spiro atoms. The summed E-state index contributed by atoms with van der Waals surface area (Å²) in [4.78, 5) is 1.48. The lowest BCUT2D eigenvalue weighted by Crippen LogP contribution is -3.05. The van der Waals surface area contributed by atoms with E-state index in [2.05, 4.69) is 20.7 Å². The Morgan fingerprint density at radius 1 is 1.26 bits per heavy atom. The van der Waals surface area contributed by atoms with E-state index in [0.717, 1.165) is 36.5 Å². The highest BCUT2D eigenvalue weighted by atomic mass is 16.5. The smallest absolute Gasteiger partial charge is 0.123 e. The molecule has 3 nitrogen and oxygen atoms in total. The zero-order chi connectivity index (χ0) is 14.1. The van der Waals surface area contributed by atoms with Crippen molar-refractivity contribution in [2.75, 3.05) is 34.4 Å². The molecule has 1 aromatic carbocycles. The summed E-state index contributed by atoms with van der Waals surface area (Å²) in [5, 5.41) is 0. The van der Waals surface area contributed by atoms with Crippen LogP contribution in [0.15, 0.2) is 30.9 Å². The fourth-order valence-electron chi connectivity index (χ4n) is 1.90. The van der Waals surface area contributed by atoms with Crippen LogP contribution in [0.4, 0.5) is 0 Å². The average Bonchev–Trinajstić information content (AvgIpc) is 2.39. The van der Waals surface area contributed by atoms with Gasteiger partial charge in [-0.25, -0.2) is 0 Å². The topological polar surface area (TPSA) is 22.9 Å². The number of methoxy groups -OCH3 is 1.